The molecule has 5 heteroatoms. The number of amides is 1. The fraction of sp³-hybridized carbons (Fsp3) is 0.800. The van der Waals surface area contributed by atoms with Gasteiger partial charge >= 0.3 is 5.97 Å². The van der Waals surface area contributed by atoms with Crippen molar-refractivity contribution in [3.63, 3.8) is 0 Å². The standard InChI is InChI=1S/C10H19NO4/c1-4-5-7(2)9(13)11-8(6-12)10(14)15-3/h7-8,12H,4-6H2,1-3H3,(H,11,13). The van der Waals surface area contributed by atoms with Crippen LogP contribution in [0.25, 0.3) is 0 Å². The fourth-order valence-corrected chi connectivity index (χ4v) is 1.20. The SMILES string of the molecule is CCCC(C)C(=O)NC(CO)C(=O)OC. The van der Waals surface area contributed by atoms with E-state index in [0.29, 0.717) is 0 Å². The Hall–Kier alpha value is -1.10. The van der Waals surface area contributed by atoms with Gasteiger partial charge in [-0.05, 0) is 6.42 Å². The van der Waals surface area contributed by atoms with Crippen LogP contribution in [0.1, 0.15) is 26.7 Å². The van der Waals surface area contributed by atoms with Gasteiger partial charge in [0.15, 0.2) is 6.04 Å². The third-order valence-electron chi connectivity index (χ3n) is 2.15. The molecule has 1 amide bonds. The van der Waals surface area contributed by atoms with Gasteiger partial charge in [0.1, 0.15) is 0 Å². The van der Waals surface area contributed by atoms with Crippen LogP contribution in [-0.2, 0) is 14.3 Å². The molecule has 2 unspecified atom stereocenters. The first-order chi connectivity index (χ1) is 7.06. The first-order valence-electron chi connectivity index (χ1n) is 5.05. The number of hydrogen-bond acceptors (Lipinski definition) is 4. The van der Waals surface area contributed by atoms with Crippen molar-refractivity contribution in [2.75, 3.05) is 13.7 Å². The van der Waals surface area contributed by atoms with Gasteiger partial charge in [-0.3, -0.25) is 4.79 Å². The van der Waals surface area contributed by atoms with E-state index in [-0.39, 0.29) is 11.8 Å². The zero-order valence-corrected chi connectivity index (χ0v) is 9.45. The van der Waals surface area contributed by atoms with Crippen LogP contribution in [0.15, 0.2) is 0 Å². The largest absolute Gasteiger partial charge is 0.467 e. The Kier molecular flexibility index (Phi) is 6.70. The Morgan fingerprint density at radius 3 is 2.47 bits per heavy atom. The van der Waals surface area contributed by atoms with E-state index in [1.54, 1.807) is 6.92 Å². The van der Waals surface area contributed by atoms with E-state index in [1.165, 1.54) is 7.11 Å². The number of aliphatic hydroxyl groups excluding tert-OH is 1. The van der Waals surface area contributed by atoms with Crippen molar-refractivity contribution in [3.8, 4) is 0 Å². The van der Waals surface area contributed by atoms with Crippen LogP contribution >= 0.6 is 0 Å². The number of rotatable bonds is 6. The van der Waals surface area contributed by atoms with E-state index in [4.69, 9.17) is 5.11 Å². The maximum absolute atomic E-state index is 11.5. The van der Waals surface area contributed by atoms with Gasteiger partial charge in [-0.15, -0.1) is 0 Å². The van der Waals surface area contributed by atoms with Crippen LogP contribution < -0.4 is 5.32 Å². The summed E-state index contributed by atoms with van der Waals surface area (Å²) in [5.41, 5.74) is 0. The smallest absolute Gasteiger partial charge is 0.330 e. The number of hydrogen-bond donors (Lipinski definition) is 2. The van der Waals surface area contributed by atoms with Gasteiger partial charge in [0.25, 0.3) is 0 Å². The maximum atomic E-state index is 11.5. The zero-order valence-electron chi connectivity index (χ0n) is 9.45. The molecule has 0 spiro atoms. The van der Waals surface area contributed by atoms with Crippen molar-refractivity contribution in [2.24, 2.45) is 5.92 Å². The van der Waals surface area contributed by atoms with E-state index in [2.05, 4.69) is 10.1 Å². The molecule has 2 atom stereocenters. The van der Waals surface area contributed by atoms with Gasteiger partial charge in [-0.25, -0.2) is 4.79 Å². The summed E-state index contributed by atoms with van der Waals surface area (Å²) in [6.45, 7) is 3.31. The predicted octanol–water partition coefficient (Wildman–Crippen LogP) is 0.0727. The quantitative estimate of drug-likeness (QED) is 0.617. The number of carbonyl (C=O) groups is 2. The normalized spacial score (nSPS) is 14.1. The molecule has 0 aliphatic heterocycles. The summed E-state index contributed by atoms with van der Waals surface area (Å²) in [5.74, 6) is -1.02. The molecule has 15 heavy (non-hydrogen) atoms. The third kappa shape index (κ3) is 4.78. The summed E-state index contributed by atoms with van der Waals surface area (Å²) in [7, 11) is 1.21. The summed E-state index contributed by atoms with van der Waals surface area (Å²) in [6, 6.07) is -0.957. The molecule has 88 valence electrons. The Morgan fingerprint density at radius 1 is 1.47 bits per heavy atom. The lowest BCUT2D eigenvalue weighted by atomic mass is 10.1. The number of methoxy groups -OCH3 is 1. The zero-order chi connectivity index (χ0) is 11.8. The molecule has 0 radical (unpaired) electrons. The van der Waals surface area contributed by atoms with E-state index >= 15 is 0 Å². The predicted molar refractivity (Wildman–Crippen MR) is 55.1 cm³/mol. The fourth-order valence-electron chi connectivity index (χ4n) is 1.20. The summed E-state index contributed by atoms with van der Waals surface area (Å²) in [5, 5.41) is 11.3. The van der Waals surface area contributed by atoms with Gasteiger partial charge < -0.3 is 15.2 Å². The topological polar surface area (TPSA) is 75.6 Å². The highest BCUT2D eigenvalue weighted by molar-refractivity contribution is 5.85. The number of carbonyl (C=O) groups excluding carboxylic acids is 2. The molecule has 0 aromatic heterocycles. The van der Waals surface area contributed by atoms with Crippen molar-refractivity contribution >= 4 is 11.9 Å². The average Bonchev–Trinajstić information content (AvgIpc) is 2.24. The maximum Gasteiger partial charge on any atom is 0.330 e. The van der Waals surface area contributed by atoms with Crippen LogP contribution in [0, 0.1) is 5.92 Å². The number of ether oxygens (including phenoxy) is 1. The summed E-state index contributed by atoms with van der Waals surface area (Å²) in [4.78, 5) is 22.6. The molecule has 0 aromatic rings. The number of nitrogens with one attached hydrogen (secondary N) is 1. The van der Waals surface area contributed by atoms with E-state index in [1.807, 2.05) is 6.92 Å². The highest BCUT2D eigenvalue weighted by Gasteiger charge is 2.22. The molecule has 0 saturated heterocycles. The van der Waals surface area contributed by atoms with E-state index in [0.717, 1.165) is 12.8 Å². The Bertz CT molecular complexity index is 217. The highest BCUT2D eigenvalue weighted by atomic mass is 16.5. The second kappa shape index (κ2) is 7.23. The Morgan fingerprint density at radius 2 is 2.07 bits per heavy atom. The molecule has 0 aliphatic carbocycles. The van der Waals surface area contributed by atoms with Crippen molar-refractivity contribution in [2.45, 2.75) is 32.7 Å². The first-order valence-corrected chi connectivity index (χ1v) is 5.05. The first kappa shape index (κ1) is 13.9. The van der Waals surface area contributed by atoms with Gasteiger partial charge in [-0.2, -0.15) is 0 Å². The second-order valence-corrected chi connectivity index (χ2v) is 3.46. The van der Waals surface area contributed by atoms with E-state index in [9.17, 15) is 9.59 Å². The molecule has 0 bridgehead atoms. The van der Waals surface area contributed by atoms with Crippen LogP contribution in [0.2, 0.25) is 0 Å². The Labute approximate surface area is 89.8 Å². The van der Waals surface area contributed by atoms with Crippen molar-refractivity contribution < 1.29 is 19.4 Å². The minimum absolute atomic E-state index is 0.159. The van der Waals surface area contributed by atoms with Crippen molar-refractivity contribution in [3.05, 3.63) is 0 Å². The molecule has 0 saturated carbocycles. The molecule has 2 N–H and O–H groups in total. The summed E-state index contributed by atoms with van der Waals surface area (Å²) < 4.78 is 4.43. The monoisotopic (exact) mass is 217 g/mol. The lowest BCUT2D eigenvalue weighted by Crippen LogP contribution is -2.45. The van der Waals surface area contributed by atoms with Gasteiger partial charge in [0.05, 0.1) is 13.7 Å². The number of aliphatic hydroxyl groups is 1. The molecular formula is C10H19NO4. The molecule has 0 aromatic carbocycles. The van der Waals surface area contributed by atoms with Gasteiger partial charge in [0, 0.05) is 5.92 Å². The molecular weight excluding hydrogens is 198 g/mol. The summed E-state index contributed by atoms with van der Waals surface area (Å²) in [6.07, 6.45) is 1.65. The van der Waals surface area contributed by atoms with Gasteiger partial charge in [0.2, 0.25) is 5.91 Å². The molecule has 5 nitrogen and oxygen atoms in total. The number of esters is 1. The van der Waals surface area contributed by atoms with Crippen molar-refractivity contribution in [1.82, 2.24) is 5.32 Å². The highest BCUT2D eigenvalue weighted by Crippen LogP contribution is 2.05. The van der Waals surface area contributed by atoms with Gasteiger partial charge in [-0.1, -0.05) is 20.3 Å². The van der Waals surface area contributed by atoms with Crippen LogP contribution in [0.4, 0.5) is 0 Å². The lowest BCUT2D eigenvalue weighted by Gasteiger charge is -2.16. The van der Waals surface area contributed by atoms with Crippen molar-refractivity contribution in [1.29, 1.82) is 0 Å². The second-order valence-electron chi connectivity index (χ2n) is 3.46. The lowest BCUT2D eigenvalue weighted by molar-refractivity contribution is -0.146. The van der Waals surface area contributed by atoms with Crippen LogP contribution in [-0.4, -0.2) is 36.7 Å². The van der Waals surface area contributed by atoms with Crippen LogP contribution in [0.5, 0.6) is 0 Å². The Balaban J connectivity index is 4.17. The molecule has 0 aliphatic rings. The minimum Gasteiger partial charge on any atom is -0.467 e. The minimum atomic E-state index is -0.957. The average molecular weight is 217 g/mol. The third-order valence-corrected chi connectivity index (χ3v) is 2.15. The van der Waals surface area contributed by atoms with Crippen LogP contribution in [0.3, 0.4) is 0 Å². The van der Waals surface area contributed by atoms with E-state index < -0.39 is 18.6 Å². The molecule has 0 rings (SSSR count). The summed E-state index contributed by atoms with van der Waals surface area (Å²) >= 11 is 0. The molecule has 0 heterocycles. The molecule has 0 fully saturated rings.